The van der Waals surface area contributed by atoms with Crippen molar-refractivity contribution in [3.63, 3.8) is 0 Å². The summed E-state index contributed by atoms with van der Waals surface area (Å²) in [7, 11) is 1.80. The van der Waals surface area contributed by atoms with E-state index >= 15 is 0 Å². The van der Waals surface area contributed by atoms with Gasteiger partial charge in [-0.1, -0.05) is 19.1 Å². The molecule has 3 nitrogen and oxygen atoms in total. The van der Waals surface area contributed by atoms with Gasteiger partial charge in [-0.05, 0) is 30.5 Å². The van der Waals surface area contributed by atoms with Gasteiger partial charge in [0.25, 0.3) is 0 Å². The molecule has 4 heteroatoms. The molecule has 0 aromatic heterocycles. The number of aryl methyl sites for hydroxylation is 1. The second-order valence-corrected chi connectivity index (χ2v) is 4.84. The summed E-state index contributed by atoms with van der Waals surface area (Å²) in [6.07, 6.45) is 2.23. The van der Waals surface area contributed by atoms with Crippen LogP contribution in [0.1, 0.15) is 25.3 Å². The molecule has 106 valence electrons. The molecule has 0 spiro atoms. The summed E-state index contributed by atoms with van der Waals surface area (Å²) in [5.74, 6) is 1.36. The minimum Gasteiger partial charge on any atom is -0.494 e. The van der Waals surface area contributed by atoms with E-state index in [0.29, 0.717) is 25.5 Å². The van der Waals surface area contributed by atoms with Gasteiger partial charge in [0.2, 0.25) is 5.91 Å². The van der Waals surface area contributed by atoms with Crippen LogP contribution < -0.4 is 4.74 Å². The molecule has 0 fully saturated rings. The van der Waals surface area contributed by atoms with Crippen molar-refractivity contribution in [2.45, 2.75) is 26.2 Å². The number of rotatable bonds is 8. The predicted octanol–water partition coefficient (Wildman–Crippen LogP) is 3.11. The quantitative estimate of drug-likeness (QED) is 0.542. The van der Waals surface area contributed by atoms with E-state index < -0.39 is 0 Å². The molecule has 0 aliphatic heterocycles. The van der Waals surface area contributed by atoms with Crippen LogP contribution in [-0.2, 0) is 11.2 Å². The normalized spacial score (nSPS) is 10.3. The summed E-state index contributed by atoms with van der Waals surface area (Å²) in [4.78, 5) is 13.2. The van der Waals surface area contributed by atoms with Crippen LogP contribution in [0.15, 0.2) is 24.3 Å². The third-order valence-corrected chi connectivity index (χ3v) is 3.14. The molecule has 0 saturated carbocycles. The van der Waals surface area contributed by atoms with Crippen molar-refractivity contribution in [1.82, 2.24) is 4.90 Å². The Hall–Kier alpha value is -1.22. The molecule has 0 radical (unpaired) electrons. The Bertz CT molecular complexity index is 395. The van der Waals surface area contributed by atoms with Crippen LogP contribution in [0.4, 0.5) is 0 Å². The molecule has 0 N–H and O–H groups in total. The predicted molar refractivity (Wildman–Crippen MR) is 78.9 cm³/mol. The first-order chi connectivity index (χ1) is 9.17. The van der Waals surface area contributed by atoms with Gasteiger partial charge >= 0.3 is 0 Å². The monoisotopic (exact) mass is 283 g/mol. The number of hydrogen-bond acceptors (Lipinski definition) is 2. The van der Waals surface area contributed by atoms with Crippen LogP contribution in [-0.4, -0.2) is 36.9 Å². The van der Waals surface area contributed by atoms with E-state index in [1.807, 2.05) is 12.1 Å². The molecule has 0 aliphatic carbocycles. The maximum Gasteiger partial charge on any atom is 0.223 e. The maximum atomic E-state index is 11.5. The van der Waals surface area contributed by atoms with Crippen molar-refractivity contribution in [2.24, 2.45) is 0 Å². The number of carbonyl (C=O) groups is 1. The van der Waals surface area contributed by atoms with Gasteiger partial charge in [-0.3, -0.25) is 4.79 Å². The van der Waals surface area contributed by atoms with Gasteiger partial charge in [-0.25, -0.2) is 0 Å². The highest BCUT2D eigenvalue weighted by Gasteiger charge is 2.06. The SMILES string of the molecule is CCc1cccc(OCCCN(C)C(=O)CCCl)c1. The minimum atomic E-state index is 0.0861. The first-order valence-corrected chi connectivity index (χ1v) is 7.22. The fourth-order valence-electron chi connectivity index (χ4n) is 1.74. The lowest BCUT2D eigenvalue weighted by molar-refractivity contribution is -0.129. The van der Waals surface area contributed by atoms with Crippen LogP contribution >= 0.6 is 11.6 Å². The second kappa shape index (κ2) is 8.81. The van der Waals surface area contributed by atoms with E-state index in [1.54, 1.807) is 11.9 Å². The number of amides is 1. The summed E-state index contributed by atoms with van der Waals surface area (Å²) >= 11 is 5.54. The third kappa shape index (κ3) is 5.97. The Balaban J connectivity index is 2.25. The first-order valence-electron chi connectivity index (χ1n) is 6.69. The van der Waals surface area contributed by atoms with Crippen LogP contribution in [0.25, 0.3) is 0 Å². The van der Waals surface area contributed by atoms with E-state index in [9.17, 15) is 4.79 Å². The molecular formula is C15H22ClNO2. The number of ether oxygens (including phenoxy) is 1. The summed E-state index contributed by atoms with van der Waals surface area (Å²) in [5, 5.41) is 0. The van der Waals surface area contributed by atoms with Gasteiger partial charge < -0.3 is 9.64 Å². The summed E-state index contributed by atoms with van der Waals surface area (Å²) in [5.41, 5.74) is 1.27. The molecule has 0 aliphatic rings. The van der Waals surface area contributed by atoms with Crippen LogP contribution in [0, 0.1) is 0 Å². The van der Waals surface area contributed by atoms with Gasteiger partial charge in [0.1, 0.15) is 5.75 Å². The molecule has 19 heavy (non-hydrogen) atoms. The molecule has 1 aromatic carbocycles. The van der Waals surface area contributed by atoms with Gasteiger partial charge in [-0.2, -0.15) is 0 Å². The number of benzene rings is 1. The lowest BCUT2D eigenvalue weighted by atomic mass is 10.2. The highest BCUT2D eigenvalue weighted by molar-refractivity contribution is 6.18. The highest BCUT2D eigenvalue weighted by atomic mass is 35.5. The van der Waals surface area contributed by atoms with Gasteiger partial charge in [0.05, 0.1) is 6.61 Å². The first kappa shape index (κ1) is 15.8. The Morgan fingerprint density at radius 1 is 1.42 bits per heavy atom. The van der Waals surface area contributed by atoms with Crippen LogP contribution in [0.3, 0.4) is 0 Å². The number of carbonyl (C=O) groups excluding carboxylic acids is 1. The molecule has 0 heterocycles. The number of nitrogens with zero attached hydrogens (tertiary/aromatic N) is 1. The average Bonchev–Trinajstić information content (AvgIpc) is 2.43. The van der Waals surface area contributed by atoms with E-state index in [1.165, 1.54) is 5.56 Å². The van der Waals surface area contributed by atoms with Gasteiger partial charge in [0, 0.05) is 25.9 Å². The standard InChI is InChI=1S/C15H22ClNO2/c1-3-13-6-4-7-14(12-13)19-11-5-10-17(2)15(18)8-9-16/h4,6-7,12H,3,5,8-11H2,1-2H3. The molecule has 0 bridgehead atoms. The zero-order valence-electron chi connectivity index (χ0n) is 11.7. The van der Waals surface area contributed by atoms with E-state index in [2.05, 4.69) is 19.1 Å². The lowest BCUT2D eigenvalue weighted by Gasteiger charge is -2.16. The molecule has 0 atom stereocenters. The Morgan fingerprint density at radius 3 is 2.89 bits per heavy atom. The topological polar surface area (TPSA) is 29.5 Å². The van der Waals surface area contributed by atoms with Crippen molar-refractivity contribution in [3.8, 4) is 5.75 Å². The minimum absolute atomic E-state index is 0.0861. The van der Waals surface area contributed by atoms with Crippen molar-refractivity contribution in [2.75, 3.05) is 26.1 Å². The molecule has 1 rings (SSSR count). The number of halogens is 1. The highest BCUT2D eigenvalue weighted by Crippen LogP contribution is 2.13. The average molecular weight is 284 g/mol. The van der Waals surface area contributed by atoms with Crippen molar-refractivity contribution < 1.29 is 9.53 Å². The summed E-state index contributed by atoms with van der Waals surface area (Å²) in [6, 6.07) is 8.11. The lowest BCUT2D eigenvalue weighted by Crippen LogP contribution is -2.28. The number of alkyl halides is 1. The van der Waals surface area contributed by atoms with Gasteiger partial charge in [0.15, 0.2) is 0 Å². The van der Waals surface area contributed by atoms with Crippen LogP contribution in [0.2, 0.25) is 0 Å². The summed E-state index contributed by atoms with van der Waals surface area (Å²) < 4.78 is 5.67. The number of hydrogen-bond donors (Lipinski definition) is 0. The Labute approximate surface area is 120 Å². The fourth-order valence-corrected chi connectivity index (χ4v) is 1.90. The Morgan fingerprint density at radius 2 is 2.21 bits per heavy atom. The summed E-state index contributed by atoms with van der Waals surface area (Å²) in [6.45, 7) is 3.44. The second-order valence-electron chi connectivity index (χ2n) is 4.46. The zero-order valence-corrected chi connectivity index (χ0v) is 12.4. The van der Waals surface area contributed by atoms with E-state index in [-0.39, 0.29) is 5.91 Å². The molecule has 1 aromatic rings. The fraction of sp³-hybridized carbons (Fsp3) is 0.533. The maximum absolute atomic E-state index is 11.5. The van der Waals surface area contributed by atoms with E-state index in [4.69, 9.17) is 16.3 Å². The zero-order chi connectivity index (χ0) is 14.1. The largest absolute Gasteiger partial charge is 0.494 e. The smallest absolute Gasteiger partial charge is 0.223 e. The molecule has 1 amide bonds. The molecule has 0 unspecified atom stereocenters. The van der Waals surface area contributed by atoms with Crippen LogP contribution in [0.5, 0.6) is 5.75 Å². The Kier molecular flexibility index (Phi) is 7.34. The third-order valence-electron chi connectivity index (χ3n) is 2.95. The van der Waals surface area contributed by atoms with Crippen molar-refractivity contribution >= 4 is 17.5 Å². The molecular weight excluding hydrogens is 262 g/mol. The molecule has 0 saturated heterocycles. The van der Waals surface area contributed by atoms with Crippen molar-refractivity contribution in [3.05, 3.63) is 29.8 Å². The van der Waals surface area contributed by atoms with Gasteiger partial charge in [-0.15, -0.1) is 11.6 Å². The van der Waals surface area contributed by atoms with E-state index in [0.717, 1.165) is 18.6 Å². The van der Waals surface area contributed by atoms with Crippen molar-refractivity contribution in [1.29, 1.82) is 0 Å².